The van der Waals surface area contributed by atoms with Gasteiger partial charge < -0.3 is 15.5 Å². The van der Waals surface area contributed by atoms with E-state index in [-0.39, 0.29) is 18.0 Å². The summed E-state index contributed by atoms with van der Waals surface area (Å²) in [5, 5.41) is 7.39. The molecule has 0 radical (unpaired) electrons. The maximum atomic E-state index is 12.7. The predicted molar refractivity (Wildman–Crippen MR) is 88.3 cm³/mol. The molecule has 1 spiro atoms. The minimum absolute atomic E-state index is 0.119. The van der Waals surface area contributed by atoms with Gasteiger partial charge in [0.2, 0.25) is 5.91 Å². The van der Waals surface area contributed by atoms with Crippen molar-refractivity contribution in [3.05, 3.63) is 0 Å². The second-order valence-corrected chi connectivity index (χ2v) is 8.27. The SMILES string of the molecule is O=C(NC1CCC2(CC1)CNC2)[C@@H]1CC[C@@H]2CN1C(=O)N2OS(=O)O. The zero-order valence-corrected chi connectivity index (χ0v) is 14.8. The van der Waals surface area contributed by atoms with Gasteiger partial charge in [0, 0.05) is 25.7 Å². The van der Waals surface area contributed by atoms with Crippen molar-refractivity contribution in [1.29, 1.82) is 0 Å². The number of amides is 3. The molecule has 0 aromatic carbocycles. The third kappa shape index (κ3) is 3.16. The molecule has 1 aliphatic carbocycles. The number of hydroxylamine groups is 2. The van der Waals surface area contributed by atoms with Gasteiger partial charge in [-0.05, 0) is 43.9 Å². The number of rotatable bonds is 4. The first kappa shape index (κ1) is 17.2. The lowest BCUT2D eigenvalue weighted by Crippen LogP contribution is -2.58. The van der Waals surface area contributed by atoms with Crippen LogP contribution < -0.4 is 10.6 Å². The highest BCUT2D eigenvalue weighted by Crippen LogP contribution is 2.39. The third-order valence-electron chi connectivity index (χ3n) is 6.16. The second kappa shape index (κ2) is 6.49. The molecule has 9 nitrogen and oxygen atoms in total. The van der Waals surface area contributed by atoms with E-state index in [1.165, 1.54) is 4.90 Å². The quantitative estimate of drug-likeness (QED) is 0.598. The van der Waals surface area contributed by atoms with Gasteiger partial charge in [0.05, 0.1) is 6.04 Å². The monoisotopic (exact) mass is 372 g/mol. The van der Waals surface area contributed by atoms with Crippen LogP contribution in [0.1, 0.15) is 38.5 Å². The third-order valence-corrected chi connectivity index (χ3v) is 6.45. The van der Waals surface area contributed by atoms with E-state index in [1.54, 1.807) is 0 Å². The number of fused-ring (bicyclic) bond motifs is 2. The van der Waals surface area contributed by atoms with E-state index in [2.05, 4.69) is 14.9 Å². The first-order valence-electron chi connectivity index (χ1n) is 8.88. The molecule has 0 aromatic heterocycles. The Morgan fingerprint density at radius 1 is 1.28 bits per heavy atom. The van der Waals surface area contributed by atoms with Crippen LogP contribution in [0.5, 0.6) is 0 Å². The number of hydrogen-bond donors (Lipinski definition) is 3. The Kier molecular flexibility index (Phi) is 4.47. The molecule has 4 fully saturated rings. The Morgan fingerprint density at radius 3 is 2.60 bits per heavy atom. The molecule has 10 heteroatoms. The average molecular weight is 372 g/mol. The number of urea groups is 1. The van der Waals surface area contributed by atoms with Crippen LogP contribution in [0, 0.1) is 5.41 Å². The molecule has 4 aliphatic rings. The standard InChI is InChI=1S/C15H24N4O5S/c20-13(17-10-3-5-15(6-4-10)8-16-9-15)12-2-1-11-7-18(12)14(21)19(11)24-25(22)23/h10-12,16H,1-9H2,(H,17,20)(H,22,23)/t11-,12+/m1/s1. The molecule has 25 heavy (non-hydrogen) atoms. The normalized spacial score (nSPS) is 32.6. The summed E-state index contributed by atoms with van der Waals surface area (Å²) in [6.07, 6.45) is 5.34. The Morgan fingerprint density at radius 2 is 2.00 bits per heavy atom. The summed E-state index contributed by atoms with van der Waals surface area (Å²) in [4.78, 5) is 26.5. The molecular weight excluding hydrogens is 348 g/mol. The van der Waals surface area contributed by atoms with Crippen molar-refractivity contribution < 1.29 is 22.6 Å². The number of carbonyl (C=O) groups is 2. The van der Waals surface area contributed by atoms with Crippen LogP contribution in [0.3, 0.4) is 0 Å². The van der Waals surface area contributed by atoms with E-state index in [0.717, 1.165) is 43.8 Å². The second-order valence-electron chi connectivity index (χ2n) is 7.69. The summed E-state index contributed by atoms with van der Waals surface area (Å²) in [5.74, 6) is -0.119. The van der Waals surface area contributed by atoms with Crippen LogP contribution in [0.2, 0.25) is 0 Å². The van der Waals surface area contributed by atoms with Gasteiger partial charge in [-0.3, -0.25) is 9.35 Å². The molecule has 3 heterocycles. The summed E-state index contributed by atoms with van der Waals surface area (Å²) in [7, 11) is 0. The summed E-state index contributed by atoms with van der Waals surface area (Å²) < 4.78 is 24.4. The van der Waals surface area contributed by atoms with Crippen LogP contribution >= 0.6 is 0 Å². The largest absolute Gasteiger partial charge is 0.352 e. The molecule has 3 N–H and O–H groups in total. The van der Waals surface area contributed by atoms with Crippen molar-refractivity contribution in [1.82, 2.24) is 20.6 Å². The highest BCUT2D eigenvalue weighted by molar-refractivity contribution is 7.74. The molecule has 3 atom stereocenters. The molecule has 140 valence electrons. The minimum Gasteiger partial charge on any atom is -0.352 e. The summed E-state index contributed by atoms with van der Waals surface area (Å²) in [5.41, 5.74) is 0.446. The van der Waals surface area contributed by atoms with Gasteiger partial charge in [-0.15, -0.1) is 4.28 Å². The maximum Gasteiger partial charge on any atom is 0.346 e. The number of nitrogens with zero attached hydrogens (tertiary/aromatic N) is 2. The van der Waals surface area contributed by atoms with E-state index < -0.39 is 23.4 Å². The van der Waals surface area contributed by atoms with E-state index >= 15 is 0 Å². The lowest BCUT2D eigenvalue weighted by molar-refractivity contribution is -0.127. The van der Waals surface area contributed by atoms with Gasteiger partial charge in [-0.25, -0.2) is 4.79 Å². The van der Waals surface area contributed by atoms with Gasteiger partial charge in [0.1, 0.15) is 6.04 Å². The minimum atomic E-state index is -2.54. The molecule has 3 saturated heterocycles. The fourth-order valence-corrected chi connectivity index (χ4v) is 4.90. The summed E-state index contributed by atoms with van der Waals surface area (Å²) in [6.45, 7) is 2.53. The first-order valence-corrected chi connectivity index (χ1v) is 9.91. The molecule has 4 rings (SSSR count). The van der Waals surface area contributed by atoms with Crippen molar-refractivity contribution in [2.45, 2.75) is 56.7 Å². The zero-order valence-electron chi connectivity index (χ0n) is 14.0. The maximum absolute atomic E-state index is 12.7. The molecular formula is C15H24N4O5S. The van der Waals surface area contributed by atoms with Crippen LogP contribution in [0.4, 0.5) is 4.79 Å². The van der Waals surface area contributed by atoms with Crippen LogP contribution in [0.25, 0.3) is 0 Å². The van der Waals surface area contributed by atoms with Crippen LogP contribution in [-0.2, 0) is 20.4 Å². The fraction of sp³-hybridized carbons (Fsp3) is 0.867. The van der Waals surface area contributed by atoms with Crippen LogP contribution in [-0.4, -0.2) is 68.4 Å². The van der Waals surface area contributed by atoms with E-state index in [1.807, 2.05) is 0 Å². The Balaban J connectivity index is 1.34. The Labute approximate surface area is 148 Å². The molecule has 1 unspecified atom stereocenters. The van der Waals surface area contributed by atoms with Crippen molar-refractivity contribution in [3.8, 4) is 0 Å². The number of hydrogen-bond acceptors (Lipinski definition) is 5. The zero-order chi connectivity index (χ0) is 17.6. The van der Waals surface area contributed by atoms with Gasteiger partial charge in [0.25, 0.3) is 0 Å². The van der Waals surface area contributed by atoms with E-state index in [9.17, 15) is 13.8 Å². The molecule has 3 amide bonds. The summed E-state index contributed by atoms with van der Waals surface area (Å²) in [6, 6.07) is -1.13. The van der Waals surface area contributed by atoms with Crippen LogP contribution in [0.15, 0.2) is 0 Å². The number of carbonyl (C=O) groups excluding carboxylic acids is 2. The van der Waals surface area contributed by atoms with Gasteiger partial charge in [-0.1, -0.05) is 0 Å². The molecule has 1 saturated carbocycles. The van der Waals surface area contributed by atoms with Gasteiger partial charge in [-0.2, -0.15) is 9.27 Å². The van der Waals surface area contributed by atoms with Crippen molar-refractivity contribution in [2.75, 3.05) is 19.6 Å². The van der Waals surface area contributed by atoms with Crippen molar-refractivity contribution in [2.24, 2.45) is 5.41 Å². The highest BCUT2D eigenvalue weighted by Gasteiger charge is 2.49. The van der Waals surface area contributed by atoms with Gasteiger partial charge in [0.15, 0.2) is 0 Å². The van der Waals surface area contributed by atoms with E-state index in [4.69, 9.17) is 4.55 Å². The van der Waals surface area contributed by atoms with Gasteiger partial charge >= 0.3 is 17.4 Å². The number of piperidine rings is 1. The molecule has 0 aromatic rings. The molecule has 2 bridgehead atoms. The topological polar surface area (TPSA) is 111 Å². The van der Waals surface area contributed by atoms with Crippen molar-refractivity contribution >= 4 is 23.3 Å². The smallest absolute Gasteiger partial charge is 0.346 e. The number of nitrogens with one attached hydrogen (secondary N) is 2. The fourth-order valence-electron chi connectivity index (χ4n) is 4.58. The molecule has 3 aliphatic heterocycles. The highest BCUT2D eigenvalue weighted by atomic mass is 32.2. The Hall–Kier alpha value is -1.23. The van der Waals surface area contributed by atoms with Crippen molar-refractivity contribution in [3.63, 3.8) is 0 Å². The first-order chi connectivity index (χ1) is 12.0. The predicted octanol–water partition coefficient (Wildman–Crippen LogP) is -0.0283. The Bertz CT molecular complexity index is 588. The summed E-state index contributed by atoms with van der Waals surface area (Å²) >= 11 is -2.54. The van der Waals surface area contributed by atoms with E-state index in [0.29, 0.717) is 24.8 Å². The average Bonchev–Trinajstić information content (AvgIpc) is 2.79. The lowest BCUT2D eigenvalue weighted by atomic mass is 9.68. The lowest BCUT2D eigenvalue weighted by Gasteiger charge is -2.47.